The van der Waals surface area contributed by atoms with Crippen LogP contribution in [0.25, 0.3) is 0 Å². The highest BCUT2D eigenvalue weighted by Gasteiger charge is 2.26. The quantitative estimate of drug-likeness (QED) is 0.248. The van der Waals surface area contributed by atoms with Gasteiger partial charge in [-0.15, -0.1) is 0 Å². The van der Waals surface area contributed by atoms with Gasteiger partial charge in [0, 0.05) is 72.9 Å². The van der Waals surface area contributed by atoms with Crippen LogP contribution in [-0.2, 0) is 35.7 Å². The minimum absolute atomic E-state index is 0.585. The average molecular weight is 733 g/mol. The lowest BCUT2D eigenvalue weighted by Crippen LogP contribution is -2.35. The summed E-state index contributed by atoms with van der Waals surface area (Å²) in [6.45, 7) is 19.5. The molecular weight excluding hydrogens is 673 g/mol. The number of benzene rings is 3. The van der Waals surface area contributed by atoms with E-state index in [2.05, 4.69) is 105 Å². The minimum Gasteiger partial charge on any atom is -0.478 e. The molecule has 0 atom stereocenters. The Labute approximate surface area is 323 Å². The molecule has 2 saturated heterocycles. The van der Waals surface area contributed by atoms with Crippen LogP contribution in [0.3, 0.4) is 0 Å². The van der Waals surface area contributed by atoms with Crippen molar-refractivity contribution in [3.63, 3.8) is 0 Å². The van der Waals surface area contributed by atoms with Crippen LogP contribution >= 0.6 is 0 Å². The molecule has 8 nitrogen and oxygen atoms in total. The third-order valence-electron chi connectivity index (χ3n) is 10.1. The van der Waals surface area contributed by atoms with Gasteiger partial charge in [-0.25, -0.2) is 0 Å². The molecule has 0 amide bonds. The van der Waals surface area contributed by atoms with Gasteiger partial charge in [-0.3, -0.25) is 9.80 Å². The molecule has 3 aromatic rings. The van der Waals surface area contributed by atoms with E-state index in [-0.39, 0.29) is 0 Å². The Kier molecular flexibility index (Phi) is 13.8. The molecule has 0 unspecified atom stereocenters. The SMILES string of the molecule is C1=C2CN(c3ccc4c(c3)CN(Cc3ccc(CN5COc6ccc(N7COC8=CCCC=C8C7)cc6C5)cc3)CO4)COC2=CCC1.CC.CC.CC. The molecule has 0 bridgehead atoms. The van der Waals surface area contributed by atoms with Crippen molar-refractivity contribution in [3.05, 3.63) is 130 Å². The zero-order valence-electron chi connectivity index (χ0n) is 33.4. The number of allylic oxidation sites excluding steroid dienone is 4. The Morgan fingerprint density at radius 2 is 0.852 bits per heavy atom. The third-order valence-corrected chi connectivity index (χ3v) is 10.1. The Balaban J connectivity index is 0.000000792. The van der Waals surface area contributed by atoms with Crippen LogP contribution in [0.1, 0.15) is 89.5 Å². The minimum atomic E-state index is 0.585. The van der Waals surface area contributed by atoms with Gasteiger partial charge in [0.15, 0.2) is 13.5 Å². The van der Waals surface area contributed by atoms with Crippen molar-refractivity contribution in [1.82, 2.24) is 9.80 Å². The molecule has 0 spiro atoms. The van der Waals surface area contributed by atoms with Gasteiger partial charge in [0.2, 0.25) is 0 Å². The van der Waals surface area contributed by atoms with E-state index in [4.69, 9.17) is 18.9 Å². The van der Waals surface area contributed by atoms with E-state index in [9.17, 15) is 0 Å². The number of anilines is 2. The Bertz CT molecular complexity index is 1700. The van der Waals surface area contributed by atoms with Crippen LogP contribution in [0, 0.1) is 0 Å². The van der Waals surface area contributed by atoms with Crippen molar-refractivity contribution in [1.29, 1.82) is 0 Å². The lowest BCUT2D eigenvalue weighted by atomic mass is 10.0. The molecule has 54 heavy (non-hydrogen) atoms. The van der Waals surface area contributed by atoms with Gasteiger partial charge < -0.3 is 28.7 Å². The molecule has 288 valence electrons. The number of nitrogens with zero attached hydrogens (tertiary/aromatic N) is 4. The summed E-state index contributed by atoms with van der Waals surface area (Å²) in [4.78, 5) is 9.34. The predicted molar refractivity (Wildman–Crippen MR) is 220 cm³/mol. The molecular formula is C46H60N4O4. The first kappa shape index (κ1) is 39.0. The first-order valence-corrected chi connectivity index (χ1v) is 20.3. The summed E-state index contributed by atoms with van der Waals surface area (Å²) < 4.78 is 24.5. The summed E-state index contributed by atoms with van der Waals surface area (Å²) in [5, 5.41) is 0. The molecule has 3 aromatic carbocycles. The monoisotopic (exact) mass is 732 g/mol. The maximum Gasteiger partial charge on any atom is 0.161 e. The first-order chi connectivity index (χ1) is 26.7. The fourth-order valence-electron chi connectivity index (χ4n) is 7.54. The zero-order valence-corrected chi connectivity index (χ0v) is 33.4. The molecule has 2 aliphatic carbocycles. The van der Waals surface area contributed by atoms with Crippen molar-refractivity contribution in [2.45, 2.75) is 93.4 Å². The van der Waals surface area contributed by atoms with Crippen molar-refractivity contribution < 1.29 is 18.9 Å². The molecule has 0 N–H and O–H groups in total. The molecule has 2 fully saturated rings. The maximum atomic E-state index is 6.18. The second-order valence-corrected chi connectivity index (χ2v) is 13.6. The second kappa shape index (κ2) is 19.1. The highest BCUT2D eigenvalue weighted by atomic mass is 16.5. The first-order valence-electron chi connectivity index (χ1n) is 20.3. The van der Waals surface area contributed by atoms with E-state index in [1.54, 1.807) is 0 Å². The van der Waals surface area contributed by atoms with Crippen LogP contribution in [-0.4, -0.2) is 49.8 Å². The molecule has 0 aromatic heterocycles. The summed E-state index contributed by atoms with van der Waals surface area (Å²) in [7, 11) is 0. The topological polar surface area (TPSA) is 49.9 Å². The fourth-order valence-corrected chi connectivity index (χ4v) is 7.54. The third kappa shape index (κ3) is 9.16. The fraction of sp³-hybridized carbons (Fsp3) is 0.435. The predicted octanol–water partition coefficient (Wildman–Crippen LogP) is 10.3. The summed E-state index contributed by atoms with van der Waals surface area (Å²) in [6.07, 6.45) is 13.4. The maximum absolute atomic E-state index is 6.18. The zero-order chi connectivity index (χ0) is 37.9. The number of rotatable bonds is 6. The lowest BCUT2D eigenvalue weighted by Gasteiger charge is -2.35. The van der Waals surface area contributed by atoms with E-state index in [0.717, 1.165) is 88.0 Å². The van der Waals surface area contributed by atoms with Gasteiger partial charge in [-0.1, -0.05) is 78.0 Å². The summed E-state index contributed by atoms with van der Waals surface area (Å²) in [5.74, 6) is 4.10. The van der Waals surface area contributed by atoms with Gasteiger partial charge in [0.1, 0.15) is 36.5 Å². The van der Waals surface area contributed by atoms with E-state index < -0.39 is 0 Å². The van der Waals surface area contributed by atoms with Crippen molar-refractivity contribution in [3.8, 4) is 11.5 Å². The number of hydrogen-bond donors (Lipinski definition) is 0. The van der Waals surface area contributed by atoms with E-state index in [1.807, 2.05) is 41.5 Å². The number of fused-ring (bicyclic) bond motifs is 4. The second-order valence-electron chi connectivity index (χ2n) is 13.6. The smallest absolute Gasteiger partial charge is 0.161 e. The van der Waals surface area contributed by atoms with Crippen molar-refractivity contribution in [2.24, 2.45) is 0 Å². The van der Waals surface area contributed by atoms with Gasteiger partial charge in [0.05, 0.1) is 0 Å². The van der Waals surface area contributed by atoms with Crippen molar-refractivity contribution >= 4 is 11.4 Å². The van der Waals surface area contributed by atoms with Gasteiger partial charge >= 0.3 is 0 Å². The Morgan fingerprint density at radius 3 is 1.28 bits per heavy atom. The molecule has 0 saturated carbocycles. The van der Waals surface area contributed by atoms with Crippen LogP contribution < -0.4 is 19.3 Å². The summed E-state index contributed by atoms with van der Waals surface area (Å²) in [6, 6.07) is 22.1. The van der Waals surface area contributed by atoms with Gasteiger partial charge in [0.25, 0.3) is 0 Å². The van der Waals surface area contributed by atoms with Crippen LogP contribution in [0.2, 0.25) is 0 Å². The van der Waals surface area contributed by atoms with E-state index in [1.165, 1.54) is 44.8 Å². The Morgan fingerprint density at radius 1 is 0.444 bits per heavy atom. The number of hydrogen-bond acceptors (Lipinski definition) is 8. The molecule has 4 aliphatic heterocycles. The highest BCUT2D eigenvalue weighted by Crippen LogP contribution is 2.35. The normalized spacial score (nSPS) is 18.6. The largest absolute Gasteiger partial charge is 0.478 e. The molecule has 4 heterocycles. The lowest BCUT2D eigenvalue weighted by molar-refractivity contribution is 0.0878. The molecule has 8 heteroatoms. The van der Waals surface area contributed by atoms with Crippen LogP contribution in [0.5, 0.6) is 11.5 Å². The molecule has 0 radical (unpaired) electrons. The van der Waals surface area contributed by atoms with Crippen LogP contribution in [0.4, 0.5) is 11.4 Å². The Hall–Kier alpha value is -4.66. The standard InChI is InChI=1S/C40H42N4O4.3C2H6/c1-3-7-37-31(5-1)23-43(27-47-37)35-13-15-39-33(17-35)21-41(25-45-39)19-29-9-11-30(12-10-29)20-42-22-34-18-36(14-16-40(34)46-26-42)44-24-32-6-2-4-8-38(32)48-28-44;3*1-2/h5-18H,1-4,19-28H2;3*1-2H3. The number of ether oxygens (including phenoxy) is 4. The van der Waals surface area contributed by atoms with Gasteiger partial charge in [-0.2, -0.15) is 0 Å². The molecule has 6 aliphatic rings. The average Bonchev–Trinajstić information content (AvgIpc) is 3.25. The van der Waals surface area contributed by atoms with Crippen molar-refractivity contribution in [2.75, 3.05) is 49.8 Å². The van der Waals surface area contributed by atoms with Gasteiger partial charge in [-0.05, 0) is 85.4 Å². The van der Waals surface area contributed by atoms with Crippen LogP contribution in [0.15, 0.2) is 108 Å². The van der Waals surface area contributed by atoms with E-state index in [0.29, 0.717) is 26.9 Å². The molecule has 9 rings (SSSR count). The summed E-state index contributed by atoms with van der Waals surface area (Å²) >= 11 is 0. The summed E-state index contributed by atoms with van der Waals surface area (Å²) in [5.41, 5.74) is 9.99. The highest BCUT2D eigenvalue weighted by molar-refractivity contribution is 5.57. The van der Waals surface area contributed by atoms with E-state index >= 15 is 0 Å².